The van der Waals surface area contributed by atoms with Gasteiger partial charge >= 0.3 is 0 Å². The fourth-order valence-corrected chi connectivity index (χ4v) is 3.11. The normalized spacial score (nSPS) is 16.2. The van der Waals surface area contributed by atoms with Gasteiger partial charge in [0.1, 0.15) is 6.29 Å². The van der Waals surface area contributed by atoms with Crippen LogP contribution in [-0.4, -0.2) is 23.8 Å². The summed E-state index contributed by atoms with van der Waals surface area (Å²) in [7, 11) is 0. The topological polar surface area (TPSA) is 20.3 Å². The van der Waals surface area contributed by atoms with Crippen molar-refractivity contribution >= 4 is 17.6 Å². The highest BCUT2D eigenvalue weighted by Crippen LogP contribution is 2.34. The first-order valence-corrected chi connectivity index (χ1v) is 7.88. The smallest absolute Gasteiger partial charge is 0.127 e. The number of carbonyl (C=O) groups excluding carboxylic acids is 1. The van der Waals surface area contributed by atoms with Crippen LogP contribution >= 0.6 is 11.3 Å². The summed E-state index contributed by atoms with van der Waals surface area (Å²) in [5.74, 6) is 0. The van der Waals surface area contributed by atoms with Crippen LogP contribution in [0.5, 0.6) is 0 Å². The van der Waals surface area contributed by atoms with Gasteiger partial charge in [0, 0.05) is 24.5 Å². The lowest BCUT2D eigenvalue weighted by atomic mass is 9.83. The second-order valence-electron chi connectivity index (χ2n) is 5.46. The minimum Gasteiger partial charge on any atom is -0.303 e. The van der Waals surface area contributed by atoms with E-state index >= 15 is 0 Å². The molecule has 0 amide bonds. The Kier molecular flexibility index (Phi) is 4.57. The van der Waals surface area contributed by atoms with Gasteiger partial charge in [-0.3, -0.25) is 4.90 Å². The van der Waals surface area contributed by atoms with E-state index in [-0.39, 0.29) is 5.41 Å². The van der Waals surface area contributed by atoms with Crippen molar-refractivity contribution in [1.29, 1.82) is 0 Å². The lowest BCUT2D eigenvalue weighted by Crippen LogP contribution is -2.39. The van der Waals surface area contributed by atoms with Crippen molar-refractivity contribution in [3.05, 3.63) is 22.4 Å². The first-order chi connectivity index (χ1) is 8.73. The highest BCUT2D eigenvalue weighted by atomic mass is 32.1. The van der Waals surface area contributed by atoms with E-state index in [1.807, 2.05) is 0 Å². The first-order valence-electron chi connectivity index (χ1n) is 6.94. The zero-order valence-corrected chi connectivity index (χ0v) is 12.2. The number of carbonyl (C=O) groups is 1. The van der Waals surface area contributed by atoms with Crippen molar-refractivity contribution in [2.45, 2.75) is 52.1 Å². The SMILES string of the molecule is CCC(C=O)(CC)CN(Cc1ccsc1)C1CC1. The number of nitrogens with zero attached hydrogens (tertiary/aromatic N) is 1. The minimum absolute atomic E-state index is 0.140. The highest BCUT2D eigenvalue weighted by Gasteiger charge is 2.35. The molecule has 0 atom stereocenters. The van der Waals surface area contributed by atoms with Crippen molar-refractivity contribution in [3.63, 3.8) is 0 Å². The third kappa shape index (κ3) is 3.21. The van der Waals surface area contributed by atoms with E-state index in [1.54, 1.807) is 11.3 Å². The standard InChI is InChI=1S/C15H23NOS/c1-3-15(4-2,12-17)11-16(14-5-6-14)9-13-7-8-18-10-13/h7-8,10,12,14H,3-6,9,11H2,1-2H3. The minimum atomic E-state index is -0.140. The quantitative estimate of drug-likeness (QED) is 0.668. The lowest BCUT2D eigenvalue weighted by Gasteiger charge is -2.33. The van der Waals surface area contributed by atoms with E-state index < -0.39 is 0 Å². The highest BCUT2D eigenvalue weighted by molar-refractivity contribution is 7.07. The van der Waals surface area contributed by atoms with Crippen LogP contribution in [0.1, 0.15) is 45.1 Å². The van der Waals surface area contributed by atoms with Crippen LogP contribution in [0.4, 0.5) is 0 Å². The monoisotopic (exact) mass is 265 g/mol. The Morgan fingerprint density at radius 1 is 1.44 bits per heavy atom. The molecule has 0 aliphatic heterocycles. The average Bonchev–Trinajstić information content (AvgIpc) is 3.13. The van der Waals surface area contributed by atoms with Gasteiger partial charge in [0.2, 0.25) is 0 Å². The second-order valence-corrected chi connectivity index (χ2v) is 6.24. The largest absolute Gasteiger partial charge is 0.303 e. The first kappa shape index (κ1) is 13.8. The molecule has 1 aliphatic carbocycles. The van der Waals surface area contributed by atoms with Crippen LogP contribution in [0.25, 0.3) is 0 Å². The molecule has 100 valence electrons. The van der Waals surface area contributed by atoms with Crippen LogP contribution in [0.2, 0.25) is 0 Å². The van der Waals surface area contributed by atoms with E-state index in [0.29, 0.717) is 6.04 Å². The Labute approximate surface area is 114 Å². The van der Waals surface area contributed by atoms with E-state index in [1.165, 1.54) is 24.7 Å². The predicted octanol–water partition coefficient (Wildman–Crippen LogP) is 3.72. The summed E-state index contributed by atoms with van der Waals surface area (Å²) < 4.78 is 0. The third-order valence-electron chi connectivity index (χ3n) is 4.21. The van der Waals surface area contributed by atoms with Gasteiger partial charge < -0.3 is 4.79 Å². The van der Waals surface area contributed by atoms with Gasteiger partial charge in [-0.05, 0) is 48.1 Å². The summed E-state index contributed by atoms with van der Waals surface area (Å²) in [6.45, 7) is 6.19. The van der Waals surface area contributed by atoms with Crippen LogP contribution < -0.4 is 0 Å². The Morgan fingerprint density at radius 2 is 2.17 bits per heavy atom. The van der Waals surface area contributed by atoms with E-state index in [2.05, 4.69) is 35.6 Å². The number of hydrogen-bond acceptors (Lipinski definition) is 3. The number of hydrogen-bond donors (Lipinski definition) is 0. The maximum Gasteiger partial charge on any atom is 0.127 e. The molecule has 1 heterocycles. The molecule has 3 heteroatoms. The zero-order valence-electron chi connectivity index (χ0n) is 11.4. The lowest BCUT2D eigenvalue weighted by molar-refractivity contribution is -0.118. The molecule has 1 aliphatic rings. The molecule has 2 rings (SSSR count). The Morgan fingerprint density at radius 3 is 2.61 bits per heavy atom. The maximum absolute atomic E-state index is 11.4. The van der Waals surface area contributed by atoms with Gasteiger partial charge in [0.05, 0.1) is 0 Å². The van der Waals surface area contributed by atoms with Gasteiger partial charge in [-0.15, -0.1) is 0 Å². The van der Waals surface area contributed by atoms with Crippen LogP contribution in [0.3, 0.4) is 0 Å². The third-order valence-corrected chi connectivity index (χ3v) is 4.94. The summed E-state index contributed by atoms with van der Waals surface area (Å²) in [4.78, 5) is 14.0. The molecule has 0 unspecified atom stereocenters. The average molecular weight is 265 g/mol. The summed E-state index contributed by atoms with van der Waals surface area (Å²) in [5.41, 5.74) is 1.25. The molecule has 2 nitrogen and oxygen atoms in total. The maximum atomic E-state index is 11.4. The molecule has 0 bridgehead atoms. The van der Waals surface area contributed by atoms with Crippen molar-refractivity contribution in [2.75, 3.05) is 6.54 Å². The fraction of sp³-hybridized carbons (Fsp3) is 0.667. The summed E-state index contributed by atoms with van der Waals surface area (Å²) >= 11 is 1.75. The van der Waals surface area contributed by atoms with Crippen molar-refractivity contribution < 1.29 is 4.79 Å². The van der Waals surface area contributed by atoms with Crippen LogP contribution in [0.15, 0.2) is 16.8 Å². The van der Waals surface area contributed by atoms with Crippen molar-refractivity contribution in [1.82, 2.24) is 4.90 Å². The molecule has 1 saturated carbocycles. The fourth-order valence-electron chi connectivity index (χ4n) is 2.45. The van der Waals surface area contributed by atoms with Crippen molar-refractivity contribution in [3.8, 4) is 0 Å². The molecule has 18 heavy (non-hydrogen) atoms. The van der Waals surface area contributed by atoms with Gasteiger partial charge in [-0.25, -0.2) is 0 Å². The summed E-state index contributed by atoms with van der Waals surface area (Å²) in [6.07, 6.45) is 5.68. The zero-order chi connectivity index (χ0) is 13.0. The van der Waals surface area contributed by atoms with E-state index in [9.17, 15) is 4.79 Å². The molecule has 0 N–H and O–H groups in total. The van der Waals surface area contributed by atoms with Gasteiger partial charge in [-0.1, -0.05) is 13.8 Å². The Hall–Kier alpha value is -0.670. The van der Waals surface area contributed by atoms with E-state index in [0.717, 1.165) is 25.9 Å². The predicted molar refractivity (Wildman–Crippen MR) is 76.8 cm³/mol. The summed E-state index contributed by atoms with van der Waals surface area (Å²) in [5, 5.41) is 4.35. The molecule has 1 fully saturated rings. The molecular formula is C15H23NOS. The molecule has 0 radical (unpaired) electrons. The van der Waals surface area contributed by atoms with Crippen LogP contribution in [-0.2, 0) is 11.3 Å². The number of thiophene rings is 1. The number of aldehydes is 1. The molecule has 1 aromatic heterocycles. The summed E-state index contributed by atoms with van der Waals surface area (Å²) in [6, 6.07) is 2.91. The van der Waals surface area contributed by atoms with E-state index in [4.69, 9.17) is 0 Å². The second kappa shape index (κ2) is 5.98. The molecular weight excluding hydrogens is 242 g/mol. The van der Waals surface area contributed by atoms with Gasteiger partial charge in [0.15, 0.2) is 0 Å². The van der Waals surface area contributed by atoms with Gasteiger partial charge in [-0.2, -0.15) is 11.3 Å². The number of rotatable bonds is 8. The van der Waals surface area contributed by atoms with Crippen LogP contribution in [0, 0.1) is 5.41 Å². The molecule has 0 aromatic carbocycles. The van der Waals surface area contributed by atoms with Crippen molar-refractivity contribution in [2.24, 2.45) is 5.41 Å². The molecule has 1 aromatic rings. The Bertz CT molecular complexity index is 366. The van der Waals surface area contributed by atoms with Gasteiger partial charge in [0.25, 0.3) is 0 Å². The molecule has 0 spiro atoms. The Balaban J connectivity index is 2.03. The molecule has 0 saturated heterocycles.